The average Bonchev–Trinajstić information content (AvgIpc) is 2.68. The number of rotatable bonds is 3. The first-order chi connectivity index (χ1) is 9.49. The van der Waals surface area contributed by atoms with Gasteiger partial charge in [-0.05, 0) is 19.4 Å². The lowest BCUT2D eigenvalue weighted by Crippen LogP contribution is -2.07. The molecule has 1 aliphatic rings. The fourth-order valence-electron chi connectivity index (χ4n) is 2.27. The number of carbonyl (C=O) groups is 2. The van der Waals surface area contributed by atoms with Gasteiger partial charge >= 0.3 is 5.97 Å². The number of carboxylic acid groups (broad SMARTS) is 1. The first-order valence-electron chi connectivity index (χ1n) is 6.13. The van der Waals surface area contributed by atoms with Gasteiger partial charge in [-0.25, -0.2) is 4.79 Å². The number of allylic oxidation sites excluding steroid dienone is 3. The lowest BCUT2D eigenvalue weighted by Gasteiger charge is -2.06. The zero-order valence-corrected chi connectivity index (χ0v) is 11.2. The number of carboxylic acids is 1. The second-order valence-electron chi connectivity index (χ2n) is 4.44. The number of hydrogen-bond donors (Lipinski definition) is 2. The summed E-state index contributed by atoms with van der Waals surface area (Å²) in [6.45, 7) is 3.22. The van der Waals surface area contributed by atoms with Crippen molar-refractivity contribution in [1.29, 1.82) is 0 Å². The van der Waals surface area contributed by atoms with Crippen LogP contribution in [0.2, 0.25) is 0 Å². The monoisotopic (exact) mass is 270 g/mol. The van der Waals surface area contributed by atoms with E-state index in [1.54, 1.807) is 37.3 Å². The Morgan fingerprint density at radius 3 is 2.30 bits per heavy atom. The molecule has 1 aliphatic carbocycles. The first-order valence-corrected chi connectivity index (χ1v) is 6.13. The van der Waals surface area contributed by atoms with E-state index in [2.05, 4.69) is 0 Å². The van der Waals surface area contributed by atoms with E-state index in [1.165, 1.54) is 13.0 Å². The summed E-state index contributed by atoms with van der Waals surface area (Å²) in [7, 11) is 0. The fourth-order valence-corrected chi connectivity index (χ4v) is 2.27. The molecule has 20 heavy (non-hydrogen) atoms. The maximum atomic E-state index is 12.3. The van der Waals surface area contributed by atoms with Gasteiger partial charge in [0.25, 0.3) is 0 Å². The molecule has 0 spiro atoms. The third-order valence-electron chi connectivity index (χ3n) is 3.23. The van der Waals surface area contributed by atoms with E-state index in [0.717, 1.165) is 0 Å². The second-order valence-corrected chi connectivity index (χ2v) is 4.44. The fraction of sp³-hybridized carbons (Fsp3) is 0.125. The van der Waals surface area contributed by atoms with Crippen molar-refractivity contribution in [1.82, 2.24) is 0 Å². The van der Waals surface area contributed by atoms with Gasteiger partial charge in [-0.15, -0.1) is 0 Å². The van der Waals surface area contributed by atoms with E-state index in [4.69, 9.17) is 0 Å². The van der Waals surface area contributed by atoms with E-state index < -0.39 is 5.97 Å². The van der Waals surface area contributed by atoms with Crippen molar-refractivity contribution >= 4 is 17.5 Å². The van der Waals surface area contributed by atoms with Crippen molar-refractivity contribution in [2.45, 2.75) is 13.8 Å². The Bertz CT molecular complexity index is 690. The van der Waals surface area contributed by atoms with Gasteiger partial charge in [0, 0.05) is 11.1 Å². The van der Waals surface area contributed by atoms with Gasteiger partial charge in [-0.1, -0.05) is 36.4 Å². The Morgan fingerprint density at radius 2 is 1.80 bits per heavy atom. The lowest BCUT2D eigenvalue weighted by molar-refractivity contribution is -0.132. The number of carbonyl (C=O) groups excluding carboxylic acids is 1. The first kappa shape index (κ1) is 13.8. The molecule has 2 rings (SSSR count). The van der Waals surface area contributed by atoms with Crippen LogP contribution in [0.4, 0.5) is 0 Å². The highest BCUT2D eigenvalue weighted by atomic mass is 16.4. The van der Waals surface area contributed by atoms with E-state index in [1.807, 2.05) is 0 Å². The lowest BCUT2D eigenvalue weighted by atomic mass is 9.98. The minimum atomic E-state index is -1.13. The molecule has 102 valence electrons. The molecule has 2 N–H and O–H groups in total. The van der Waals surface area contributed by atoms with Crippen molar-refractivity contribution in [2.24, 2.45) is 0 Å². The number of hydrogen-bond acceptors (Lipinski definition) is 3. The Balaban J connectivity index is 2.66. The van der Waals surface area contributed by atoms with Gasteiger partial charge in [-0.2, -0.15) is 0 Å². The largest absolute Gasteiger partial charge is 0.507 e. The zero-order valence-electron chi connectivity index (χ0n) is 11.2. The topological polar surface area (TPSA) is 74.6 Å². The molecular formula is C16H14O4. The summed E-state index contributed by atoms with van der Waals surface area (Å²) in [4.78, 5) is 23.6. The molecule has 1 aromatic rings. The molecule has 0 heterocycles. The summed E-state index contributed by atoms with van der Waals surface area (Å²) < 4.78 is 0. The predicted molar refractivity (Wildman–Crippen MR) is 75.5 cm³/mol. The number of fused-ring (bicyclic) bond motifs is 1. The van der Waals surface area contributed by atoms with Crippen molar-refractivity contribution in [2.75, 3.05) is 0 Å². The van der Waals surface area contributed by atoms with Crippen LogP contribution in [0.1, 0.15) is 29.8 Å². The van der Waals surface area contributed by atoms with Gasteiger partial charge in [0.2, 0.25) is 0 Å². The summed E-state index contributed by atoms with van der Waals surface area (Å²) >= 11 is 0. The molecular weight excluding hydrogens is 256 g/mol. The molecule has 0 aromatic heterocycles. The van der Waals surface area contributed by atoms with E-state index in [0.29, 0.717) is 11.1 Å². The number of aliphatic hydroxyl groups excluding tert-OH is 1. The summed E-state index contributed by atoms with van der Waals surface area (Å²) in [5, 5.41) is 19.4. The maximum Gasteiger partial charge on any atom is 0.335 e. The van der Waals surface area contributed by atoms with E-state index >= 15 is 0 Å². The highest BCUT2D eigenvalue weighted by Crippen LogP contribution is 2.35. The Hall–Kier alpha value is -2.62. The summed E-state index contributed by atoms with van der Waals surface area (Å²) in [6.07, 6.45) is 2.99. The third kappa shape index (κ3) is 2.05. The highest BCUT2D eigenvalue weighted by molar-refractivity contribution is 6.22. The molecule has 4 nitrogen and oxygen atoms in total. The molecule has 1 aromatic carbocycles. The quantitative estimate of drug-likeness (QED) is 0.653. The maximum absolute atomic E-state index is 12.3. The average molecular weight is 270 g/mol. The zero-order chi connectivity index (χ0) is 14.9. The predicted octanol–water partition coefficient (Wildman–Crippen LogP) is 3.13. The van der Waals surface area contributed by atoms with Crippen LogP contribution in [-0.2, 0) is 4.79 Å². The van der Waals surface area contributed by atoms with Gasteiger partial charge in [0.05, 0.1) is 11.1 Å². The molecule has 0 saturated heterocycles. The van der Waals surface area contributed by atoms with Crippen molar-refractivity contribution in [3.05, 3.63) is 64.3 Å². The molecule has 4 heteroatoms. The third-order valence-corrected chi connectivity index (χ3v) is 3.23. The molecule has 0 amide bonds. The number of benzene rings is 1. The highest BCUT2D eigenvalue weighted by Gasteiger charge is 2.31. The number of ketones is 1. The van der Waals surface area contributed by atoms with E-state index in [-0.39, 0.29) is 28.3 Å². The van der Waals surface area contributed by atoms with Crippen LogP contribution in [0.3, 0.4) is 0 Å². The van der Waals surface area contributed by atoms with Gasteiger partial charge in [0.15, 0.2) is 5.78 Å². The van der Waals surface area contributed by atoms with Crippen molar-refractivity contribution < 1.29 is 19.8 Å². The summed E-state index contributed by atoms with van der Waals surface area (Å²) in [5.74, 6) is -1.64. The molecule has 0 unspecified atom stereocenters. The SMILES string of the molecule is C/C=C\C(C(=O)O)=C(/C)C1=C(O)c2ccccc2C1=O. The smallest absolute Gasteiger partial charge is 0.335 e. The molecule has 0 aliphatic heterocycles. The van der Waals surface area contributed by atoms with Crippen molar-refractivity contribution in [3.63, 3.8) is 0 Å². The number of aliphatic carboxylic acids is 1. The standard InChI is InChI=1S/C16H14O4/c1-3-6-10(16(19)20)9(2)13-14(17)11-7-4-5-8-12(11)15(13)18/h3-8,17H,1-2H3,(H,19,20)/b6-3-,10-9-. The van der Waals surface area contributed by atoms with Crippen LogP contribution in [0.15, 0.2) is 53.1 Å². The normalized spacial score (nSPS) is 15.6. The van der Waals surface area contributed by atoms with Crippen LogP contribution < -0.4 is 0 Å². The van der Waals surface area contributed by atoms with E-state index in [9.17, 15) is 19.8 Å². The molecule has 0 radical (unpaired) electrons. The molecule has 0 saturated carbocycles. The Labute approximate surface area is 116 Å². The van der Waals surface area contributed by atoms with Gasteiger partial charge < -0.3 is 10.2 Å². The van der Waals surface area contributed by atoms with Gasteiger partial charge in [-0.3, -0.25) is 4.79 Å². The van der Waals surface area contributed by atoms with Crippen LogP contribution in [0.5, 0.6) is 0 Å². The number of Topliss-reactive ketones (excluding diaryl/α,β-unsaturated/α-hetero) is 1. The van der Waals surface area contributed by atoms with Crippen LogP contribution in [0, 0.1) is 0 Å². The molecule has 0 fully saturated rings. The van der Waals surface area contributed by atoms with Crippen LogP contribution in [0.25, 0.3) is 5.76 Å². The Morgan fingerprint density at radius 1 is 1.20 bits per heavy atom. The molecule has 0 bridgehead atoms. The summed E-state index contributed by atoms with van der Waals surface area (Å²) in [6, 6.07) is 6.67. The minimum Gasteiger partial charge on any atom is -0.507 e. The van der Waals surface area contributed by atoms with Gasteiger partial charge in [0.1, 0.15) is 5.76 Å². The second kappa shape index (κ2) is 5.17. The number of aliphatic hydroxyl groups is 1. The van der Waals surface area contributed by atoms with Crippen molar-refractivity contribution in [3.8, 4) is 0 Å². The summed E-state index contributed by atoms with van der Waals surface area (Å²) in [5.41, 5.74) is 1.15. The van der Waals surface area contributed by atoms with Crippen LogP contribution >= 0.6 is 0 Å². The molecule has 0 atom stereocenters. The minimum absolute atomic E-state index is 0.00444. The Kier molecular flexibility index (Phi) is 3.57. The van der Waals surface area contributed by atoms with Crippen LogP contribution in [-0.4, -0.2) is 22.0 Å².